The van der Waals surface area contributed by atoms with Crippen molar-refractivity contribution in [2.45, 2.75) is 43.8 Å². The lowest BCUT2D eigenvalue weighted by Gasteiger charge is -2.13. The molecule has 0 aromatic heterocycles. The topological polar surface area (TPSA) is 63.2 Å². The number of sulfonamides is 1. The molecule has 2 saturated carbocycles. The zero-order chi connectivity index (χ0) is 14.2. The first-order valence-corrected chi connectivity index (χ1v) is 8.77. The van der Waals surface area contributed by atoms with E-state index in [9.17, 15) is 13.2 Å². The zero-order valence-corrected chi connectivity index (χ0v) is 12.2. The molecule has 20 heavy (non-hydrogen) atoms. The summed E-state index contributed by atoms with van der Waals surface area (Å²) in [5, 5.41) is -0.268. The third-order valence-electron chi connectivity index (χ3n) is 4.12. The molecule has 0 amide bonds. The number of carbonyl (C=O) groups is 1. The predicted molar refractivity (Wildman–Crippen MR) is 78.3 cm³/mol. The number of carbonyl (C=O) groups excluding carboxylic acids is 1. The van der Waals surface area contributed by atoms with Crippen LogP contribution >= 0.6 is 0 Å². The number of rotatable bonds is 5. The Kier molecular flexibility index (Phi) is 3.54. The number of hydrogen-bond acceptors (Lipinski definition) is 3. The number of anilines is 1. The van der Waals surface area contributed by atoms with Crippen LogP contribution in [-0.2, 0) is 10.0 Å². The summed E-state index contributed by atoms with van der Waals surface area (Å²) in [5.41, 5.74) is 1.22. The summed E-state index contributed by atoms with van der Waals surface area (Å²) in [6.07, 6.45) is 5.42. The summed E-state index contributed by atoms with van der Waals surface area (Å²) in [6, 6.07) is 6.80. The van der Waals surface area contributed by atoms with Crippen molar-refractivity contribution in [3.05, 3.63) is 29.8 Å². The molecule has 5 heteroatoms. The maximum absolute atomic E-state index is 12.2. The van der Waals surface area contributed by atoms with E-state index in [-0.39, 0.29) is 17.0 Å². The van der Waals surface area contributed by atoms with Gasteiger partial charge in [0.15, 0.2) is 5.78 Å². The van der Waals surface area contributed by atoms with Crippen LogP contribution in [0.5, 0.6) is 0 Å². The number of nitrogens with one attached hydrogen (secondary N) is 1. The minimum Gasteiger partial charge on any atom is -0.294 e. The monoisotopic (exact) mass is 293 g/mol. The van der Waals surface area contributed by atoms with Crippen molar-refractivity contribution < 1.29 is 13.2 Å². The highest BCUT2D eigenvalue weighted by Gasteiger charge is 2.31. The molecule has 0 atom stereocenters. The molecular weight excluding hydrogens is 274 g/mol. The molecule has 0 radical (unpaired) electrons. The number of hydrogen-bond donors (Lipinski definition) is 1. The molecular formula is C15H19NO3S. The summed E-state index contributed by atoms with van der Waals surface area (Å²) in [6.45, 7) is 0. The predicted octanol–water partition coefficient (Wildman–Crippen LogP) is 2.96. The van der Waals surface area contributed by atoms with Crippen molar-refractivity contribution in [2.24, 2.45) is 5.92 Å². The lowest BCUT2D eigenvalue weighted by molar-refractivity contribution is 0.0967. The van der Waals surface area contributed by atoms with Crippen LogP contribution in [-0.4, -0.2) is 19.5 Å². The molecule has 3 rings (SSSR count). The highest BCUT2D eigenvalue weighted by atomic mass is 32.2. The fourth-order valence-corrected chi connectivity index (χ4v) is 4.32. The van der Waals surface area contributed by atoms with Gasteiger partial charge in [0, 0.05) is 17.2 Å². The molecule has 0 saturated heterocycles. The summed E-state index contributed by atoms with van der Waals surface area (Å²) in [7, 11) is -3.29. The van der Waals surface area contributed by atoms with Gasteiger partial charge in [-0.2, -0.15) is 0 Å². The molecule has 2 fully saturated rings. The molecule has 108 valence electrons. The fraction of sp³-hybridized carbons (Fsp3) is 0.533. The van der Waals surface area contributed by atoms with Crippen LogP contribution in [0.3, 0.4) is 0 Å². The first-order chi connectivity index (χ1) is 9.56. The number of Topliss-reactive ketones (excluding diaryl/α,β-unsaturated/α-hetero) is 1. The molecule has 1 N–H and O–H groups in total. The van der Waals surface area contributed by atoms with Gasteiger partial charge < -0.3 is 0 Å². The summed E-state index contributed by atoms with van der Waals surface area (Å²) in [5.74, 6) is 0.367. The molecule has 0 aliphatic heterocycles. The van der Waals surface area contributed by atoms with Crippen molar-refractivity contribution >= 4 is 21.5 Å². The highest BCUT2D eigenvalue weighted by molar-refractivity contribution is 7.93. The molecule has 1 aromatic rings. The first kappa shape index (κ1) is 13.6. The smallest absolute Gasteiger partial charge is 0.235 e. The van der Waals surface area contributed by atoms with Crippen LogP contribution in [0.2, 0.25) is 0 Å². The number of ketones is 1. The minimum atomic E-state index is -3.29. The highest BCUT2D eigenvalue weighted by Crippen LogP contribution is 2.33. The second-order valence-corrected chi connectivity index (χ2v) is 7.73. The quantitative estimate of drug-likeness (QED) is 0.849. The van der Waals surface area contributed by atoms with Gasteiger partial charge in [-0.3, -0.25) is 9.52 Å². The van der Waals surface area contributed by atoms with Gasteiger partial charge in [0.25, 0.3) is 0 Å². The van der Waals surface area contributed by atoms with Gasteiger partial charge in [0.1, 0.15) is 0 Å². The summed E-state index contributed by atoms with van der Waals surface area (Å²) < 4.78 is 27.0. The van der Waals surface area contributed by atoms with Gasteiger partial charge in [-0.15, -0.1) is 0 Å². The van der Waals surface area contributed by atoms with Crippen molar-refractivity contribution in [3.8, 4) is 0 Å². The fourth-order valence-electron chi connectivity index (χ4n) is 2.73. The van der Waals surface area contributed by atoms with Crippen molar-refractivity contribution in [3.63, 3.8) is 0 Å². The van der Waals surface area contributed by atoms with Gasteiger partial charge in [-0.25, -0.2) is 8.42 Å². The average molecular weight is 293 g/mol. The Morgan fingerprint density at radius 3 is 2.15 bits per heavy atom. The van der Waals surface area contributed by atoms with Crippen LogP contribution < -0.4 is 4.72 Å². The van der Waals surface area contributed by atoms with E-state index in [1.807, 2.05) is 0 Å². The average Bonchev–Trinajstić information content (AvgIpc) is 3.12. The third kappa shape index (κ3) is 2.87. The first-order valence-electron chi connectivity index (χ1n) is 7.22. The molecule has 4 nitrogen and oxygen atoms in total. The minimum absolute atomic E-state index is 0.176. The van der Waals surface area contributed by atoms with E-state index in [4.69, 9.17) is 0 Å². The largest absolute Gasteiger partial charge is 0.294 e. The van der Waals surface area contributed by atoms with Crippen LogP contribution in [0.15, 0.2) is 24.3 Å². The normalized spacial score (nSPS) is 20.0. The maximum atomic E-state index is 12.2. The summed E-state index contributed by atoms with van der Waals surface area (Å²) >= 11 is 0. The second-order valence-electron chi connectivity index (χ2n) is 5.77. The SMILES string of the molecule is O=C(c1ccc(NS(=O)(=O)C2CCCC2)cc1)C1CC1. The Balaban J connectivity index is 1.69. The van der Waals surface area contributed by atoms with E-state index in [1.165, 1.54) is 0 Å². The number of benzene rings is 1. The molecule has 2 aliphatic rings. The van der Waals surface area contributed by atoms with Gasteiger partial charge >= 0.3 is 0 Å². The van der Waals surface area contributed by atoms with Crippen LogP contribution in [0.4, 0.5) is 5.69 Å². The maximum Gasteiger partial charge on any atom is 0.235 e. The Morgan fingerprint density at radius 2 is 1.60 bits per heavy atom. The van der Waals surface area contributed by atoms with Gasteiger partial charge in [-0.1, -0.05) is 12.8 Å². The van der Waals surface area contributed by atoms with E-state index in [0.717, 1.165) is 38.5 Å². The second kappa shape index (κ2) is 5.20. The van der Waals surface area contributed by atoms with Gasteiger partial charge in [0.05, 0.1) is 5.25 Å². The Morgan fingerprint density at radius 1 is 1.00 bits per heavy atom. The van der Waals surface area contributed by atoms with E-state index >= 15 is 0 Å². The molecule has 2 aliphatic carbocycles. The van der Waals surface area contributed by atoms with Gasteiger partial charge in [-0.05, 0) is 49.9 Å². The molecule has 0 unspecified atom stereocenters. The Labute approximate surface area is 119 Å². The summed E-state index contributed by atoms with van der Waals surface area (Å²) in [4.78, 5) is 11.9. The zero-order valence-electron chi connectivity index (χ0n) is 11.3. The van der Waals surface area contributed by atoms with Crippen LogP contribution in [0.25, 0.3) is 0 Å². The van der Waals surface area contributed by atoms with E-state index in [2.05, 4.69) is 4.72 Å². The standard InChI is InChI=1S/C15H19NO3S/c17-15(11-5-6-11)12-7-9-13(10-8-12)16-20(18,19)14-3-1-2-4-14/h7-11,14,16H,1-6H2. The molecule has 0 bridgehead atoms. The van der Waals surface area contributed by atoms with E-state index in [1.54, 1.807) is 24.3 Å². The van der Waals surface area contributed by atoms with Crippen LogP contribution in [0.1, 0.15) is 48.9 Å². The molecule has 1 aromatic carbocycles. The van der Waals surface area contributed by atoms with Crippen molar-refractivity contribution in [1.82, 2.24) is 0 Å². The Hall–Kier alpha value is -1.36. The molecule has 0 heterocycles. The van der Waals surface area contributed by atoms with Crippen LogP contribution in [0, 0.1) is 5.92 Å². The third-order valence-corrected chi connectivity index (χ3v) is 5.99. The van der Waals surface area contributed by atoms with Gasteiger partial charge in [0.2, 0.25) is 10.0 Å². The van der Waals surface area contributed by atoms with E-state index in [0.29, 0.717) is 11.3 Å². The Bertz CT molecular complexity index is 597. The van der Waals surface area contributed by atoms with Crippen molar-refractivity contribution in [1.29, 1.82) is 0 Å². The van der Waals surface area contributed by atoms with Crippen molar-refractivity contribution in [2.75, 3.05) is 4.72 Å². The van der Waals surface area contributed by atoms with E-state index < -0.39 is 10.0 Å². The lowest BCUT2D eigenvalue weighted by atomic mass is 10.1. The lowest BCUT2D eigenvalue weighted by Crippen LogP contribution is -2.25. The molecule has 0 spiro atoms.